The Balaban J connectivity index is 1.61. The molecule has 2 heterocycles. The van der Waals surface area contributed by atoms with Gasteiger partial charge >= 0.3 is 0 Å². The Morgan fingerprint density at radius 2 is 1.96 bits per heavy atom. The van der Waals surface area contributed by atoms with Crippen LogP contribution in [-0.2, 0) is 10.0 Å². The quantitative estimate of drug-likeness (QED) is 0.744. The van der Waals surface area contributed by atoms with Crippen molar-refractivity contribution in [3.8, 4) is 0 Å². The average Bonchev–Trinajstić information content (AvgIpc) is 3.06. The number of sulfonamides is 1. The maximum absolute atomic E-state index is 12.4. The number of fused-ring (bicyclic) bond motifs is 1. The topological polar surface area (TPSA) is 87.7 Å². The molecule has 1 aromatic carbocycles. The third kappa shape index (κ3) is 3.37. The van der Waals surface area contributed by atoms with Gasteiger partial charge in [-0.05, 0) is 43.2 Å². The van der Waals surface area contributed by atoms with Crippen LogP contribution in [0.3, 0.4) is 0 Å². The minimum atomic E-state index is -3.64. The summed E-state index contributed by atoms with van der Waals surface area (Å²) < 4.78 is 27.4. The van der Waals surface area contributed by atoms with Gasteiger partial charge in [0.15, 0.2) is 0 Å². The van der Waals surface area contributed by atoms with E-state index in [4.69, 9.17) is 0 Å². The van der Waals surface area contributed by atoms with E-state index in [0.717, 1.165) is 16.9 Å². The van der Waals surface area contributed by atoms with Crippen molar-refractivity contribution in [2.24, 2.45) is 0 Å². The lowest BCUT2D eigenvalue weighted by Gasteiger charge is -2.18. The monoisotopic (exact) mass is 356 g/mol. The molecule has 0 saturated heterocycles. The molecule has 6 nitrogen and oxygen atoms in total. The Morgan fingerprint density at radius 3 is 2.72 bits per heavy atom. The van der Waals surface area contributed by atoms with Gasteiger partial charge in [-0.25, -0.2) is 13.4 Å². The van der Waals surface area contributed by atoms with Gasteiger partial charge in [-0.3, -0.25) is 9.71 Å². The van der Waals surface area contributed by atoms with E-state index in [9.17, 15) is 8.42 Å². The van der Waals surface area contributed by atoms with Crippen LogP contribution in [0, 0.1) is 0 Å². The molecule has 130 valence electrons. The largest absolute Gasteiger partial charge is 0.342 e. The number of hydrogen-bond acceptors (Lipinski definition) is 4. The van der Waals surface area contributed by atoms with Crippen molar-refractivity contribution < 1.29 is 8.42 Å². The maximum Gasteiger partial charge on any atom is 0.263 e. The molecule has 0 radical (unpaired) electrons. The summed E-state index contributed by atoms with van der Waals surface area (Å²) in [7, 11) is -3.64. The zero-order valence-electron chi connectivity index (χ0n) is 13.8. The molecule has 0 bridgehead atoms. The highest BCUT2D eigenvalue weighted by Gasteiger charge is 2.19. The number of anilines is 1. The van der Waals surface area contributed by atoms with E-state index in [1.165, 1.54) is 44.4 Å². The number of nitrogens with zero attached hydrogens (tertiary/aromatic N) is 2. The fourth-order valence-corrected chi connectivity index (χ4v) is 4.39. The first-order valence-electron chi connectivity index (χ1n) is 8.54. The molecule has 2 N–H and O–H groups in total. The third-order valence-corrected chi connectivity index (χ3v) is 6.06. The highest BCUT2D eigenvalue weighted by molar-refractivity contribution is 7.92. The summed E-state index contributed by atoms with van der Waals surface area (Å²) in [4.78, 5) is 12.1. The minimum Gasteiger partial charge on any atom is -0.342 e. The number of pyridine rings is 1. The molecule has 7 heteroatoms. The Hall–Kier alpha value is -2.41. The first-order chi connectivity index (χ1) is 12.1. The zero-order chi connectivity index (χ0) is 17.3. The first kappa shape index (κ1) is 16.1. The number of imidazole rings is 1. The molecular weight excluding hydrogens is 336 g/mol. The van der Waals surface area contributed by atoms with Gasteiger partial charge in [0.1, 0.15) is 10.7 Å². The summed E-state index contributed by atoms with van der Waals surface area (Å²) in [5.74, 6) is 1.50. The number of H-pyrrole nitrogens is 1. The maximum atomic E-state index is 12.4. The first-order valence-corrected chi connectivity index (χ1v) is 10.0. The smallest absolute Gasteiger partial charge is 0.263 e. The van der Waals surface area contributed by atoms with Gasteiger partial charge in [-0.2, -0.15) is 0 Å². The second-order valence-electron chi connectivity index (χ2n) is 6.48. The zero-order valence-corrected chi connectivity index (χ0v) is 14.6. The fourth-order valence-electron chi connectivity index (χ4n) is 3.38. The molecular formula is C18H20N4O2S. The van der Waals surface area contributed by atoms with E-state index in [0.29, 0.717) is 11.6 Å². The highest BCUT2D eigenvalue weighted by Crippen LogP contribution is 2.32. The van der Waals surface area contributed by atoms with Crippen LogP contribution in [0.25, 0.3) is 11.0 Å². The number of aromatic amines is 1. The number of hydrogen-bond donors (Lipinski definition) is 2. The van der Waals surface area contributed by atoms with Crippen molar-refractivity contribution in [3.05, 3.63) is 48.5 Å². The number of benzene rings is 1. The fraction of sp³-hybridized carbons (Fsp3) is 0.333. The van der Waals surface area contributed by atoms with Gasteiger partial charge in [-0.1, -0.05) is 19.3 Å². The normalized spacial score (nSPS) is 16.2. The van der Waals surface area contributed by atoms with Gasteiger partial charge in [-0.15, -0.1) is 0 Å². The molecule has 1 fully saturated rings. The highest BCUT2D eigenvalue weighted by atomic mass is 32.2. The lowest BCUT2D eigenvalue weighted by Crippen LogP contribution is -2.12. The van der Waals surface area contributed by atoms with Crippen LogP contribution < -0.4 is 4.72 Å². The summed E-state index contributed by atoms with van der Waals surface area (Å²) in [6.07, 6.45) is 9.01. The second kappa shape index (κ2) is 6.48. The summed E-state index contributed by atoms with van der Waals surface area (Å²) in [5, 5.41) is 0. The Bertz CT molecular complexity index is 977. The van der Waals surface area contributed by atoms with E-state index in [-0.39, 0.29) is 4.90 Å². The summed E-state index contributed by atoms with van der Waals surface area (Å²) in [5.41, 5.74) is 2.23. The summed E-state index contributed by atoms with van der Waals surface area (Å²) in [6, 6.07) is 8.50. The molecule has 0 spiro atoms. The molecule has 1 aliphatic carbocycles. The standard InChI is InChI=1S/C18H20N4O2S/c23-25(24,15-7-4-10-19-12-15)22-14-8-9-16-17(11-14)21-18(20-16)13-5-2-1-3-6-13/h4,7-13,22H,1-3,5-6H2,(H,20,21). The van der Waals surface area contributed by atoms with Crippen LogP contribution in [0.5, 0.6) is 0 Å². The molecule has 1 aliphatic rings. The lowest BCUT2D eigenvalue weighted by atomic mass is 9.89. The third-order valence-electron chi connectivity index (χ3n) is 4.69. The van der Waals surface area contributed by atoms with Gasteiger partial charge in [0, 0.05) is 18.3 Å². The van der Waals surface area contributed by atoms with Crippen molar-refractivity contribution in [2.45, 2.75) is 42.9 Å². The number of rotatable bonds is 4. The molecule has 0 aliphatic heterocycles. The van der Waals surface area contributed by atoms with Crippen LogP contribution in [-0.4, -0.2) is 23.4 Å². The Morgan fingerprint density at radius 1 is 1.12 bits per heavy atom. The van der Waals surface area contributed by atoms with Crippen LogP contribution in [0.2, 0.25) is 0 Å². The van der Waals surface area contributed by atoms with E-state index >= 15 is 0 Å². The SMILES string of the molecule is O=S(=O)(Nc1ccc2nc(C3CCCCC3)[nH]c2c1)c1cccnc1. The van der Waals surface area contributed by atoms with Crippen molar-refractivity contribution >= 4 is 26.7 Å². The van der Waals surface area contributed by atoms with Crippen molar-refractivity contribution in [1.82, 2.24) is 15.0 Å². The molecule has 4 rings (SSSR count). The van der Waals surface area contributed by atoms with E-state index in [1.54, 1.807) is 24.4 Å². The summed E-state index contributed by atoms with van der Waals surface area (Å²) >= 11 is 0. The second-order valence-corrected chi connectivity index (χ2v) is 8.17. The number of aromatic nitrogens is 3. The Kier molecular flexibility index (Phi) is 4.17. The molecule has 1 saturated carbocycles. The molecule has 2 aromatic heterocycles. The predicted octanol–water partition coefficient (Wildman–Crippen LogP) is 3.81. The summed E-state index contributed by atoms with van der Waals surface area (Å²) in [6.45, 7) is 0. The van der Waals surface area contributed by atoms with E-state index in [1.807, 2.05) is 6.07 Å². The number of nitrogens with one attached hydrogen (secondary N) is 2. The van der Waals surface area contributed by atoms with Gasteiger partial charge < -0.3 is 4.98 Å². The van der Waals surface area contributed by atoms with Gasteiger partial charge in [0.25, 0.3) is 10.0 Å². The van der Waals surface area contributed by atoms with Crippen LogP contribution in [0.15, 0.2) is 47.6 Å². The van der Waals surface area contributed by atoms with E-state index < -0.39 is 10.0 Å². The van der Waals surface area contributed by atoms with Crippen LogP contribution in [0.4, 0.5) is 5.69 Å². The van der Waals surface area contributed by atoms with Crippen LogP contribution >= 0.6 is 0 Å². The van der Waals surface area contributed by atoms with Crippen molar-refractivity contribution in [3.63, 3.8) is 0 Å². The molecule has 3 aromatic rings. The van der Waals surface area contributed by atoms with Crippen molar-refractivity contribution in [2.75, 3.05) is 4.72 Å². The van der Waals surface area contributed by atoms with E-state index in [2.05, 4.69) is 19.7 Å². The Labute approximate surface area is 146 Å². The predicted molar refractivity (Wildman–Crippen MR) is 97.0 cm³/mol. The molecule has 0 amide bonds. The molecule has 0 unspecified atom stereocenters. The van der Waals surface area contributed by atoms with Gasteiger partial charge in [0.2, 0.25) is 0 Å². The molecule has 25 heavy (non-hydrogen) atoms. The average molecular weight is 356 g/mol. The molecule has 0 atom stereocenters. The lowest BCUT2D eigenvalue weighted by molar-refractivity contribution is 0.431. The van der Waals surface area contributed by atoms with Gasteiger partial charge in [0.05, 0.1) is 16.7 Å². The van der Waals surface area contributed by atoms with Crippen LogP contribution in [0.1, 0.15) is 43.8 Å². The minimum absolute atomic E-state index is 0.141. The van der Waals surface area contributed by atoms with Crippen molar-refractivity contribution in [1.29, 1.82) is 0 Å².